The van der Waals surface area contributed by atoms with Crippen molar-refractivity contribution in [2.75, 3.05) is 5.32 Å². The van der Waals surface area contributed by atoms with Gasteiger partial charge in [0.15, 0.2) is 17.4 Å². The number of halogens is 3. The molecule has 0 saturated heterocycles. The van der Waals surface area contributed by atoms with Crippen molar-refractivity contribution in [3.63, 3.8) is 0 Å². The molecule has 2 rings (SSSR count). The molecule has 1 heterocycles. The molecule has 3 N–H and O–H groups in total. The number of carbonyl (C=O) groups is 1. The summed E-state index contributed by atoms with van der Waals surface area (Å²) in [5, 5.41) is 1.97. The summed E-state index contributed by atoms with van der Waals surface area (Å²) in [5.41, 5.74) is 4.55. The Labute approximate surface area is 106 Å². The van der Waals surface area contributed by atoms with Crippen LogP contribution in [0.15, 0.2) is 28.7 Å². The lowest BCUT2D eigenvalue weighted by Crippen LogP contribution is -2.14. The maximum Gasteiger partial charge on any atom is 0.291 e. The number of furan rings is 1. The van der Waals surface area contributed by atoms with Crippen molar-refractivity contribution in [1.29, 1.82) is 0 Å². The summed E-state index contributed by atoms with van der Waals surface area (Å²) < 4.78 is 44.3. The molecule has 0 spiro atoms. The standard InChI is InChI=1S/C12H9F3N2O2/c13-6-3-8(14)11(9(15)4-6)17-12(18)10-2-1-7(5-16)19-10/h1-4H,5,16H2,(H,17,18). The highest BCUT2D eigenvalue weighted by molar-refractivity contribution is 6.02. The number of hydrogen-bond acceptors (Lipinski definition) is 3. The minimum Gasteiger partial charge on any atom is -0.455 e. The molecule has 0 aliphatic heterocycles. The highest BCUT2D eigenvalue weighted by Crippen LogP contribution is 2.21. The summed E-state index contributed by atoms with van der Waals surface area (Å²) in [6, 6.07) is 3.71. The summed E-state index contributed by atoms with van der Waals surface area (Å²) in [6.07, 6.45) is 0. The van der Waals surface area contributed by atoms with Gasteiger partial charge in [-0.05, 0) is 12.1 Å². The number of nitrogens with one attached hydrogen (secondary N) is 1. The van der Waals surface area contributed by atoms with Gasteiger partial charge in [0.25, 0.3) is 5.91 Å². The summed E-state index contributed by atoms with van der Waals surface area (Å²) >= 11 is 0. The van der Waals surface area contributed by atoms with Crippen molar-refractivity contribution in [2.24, 2.45) is 5.73 Å². The van der Waals surface area contributed by atoms with E-state index in [9.17, 15) is 18.0 Å². The molecule has 2 aromatic rings. The van der Waals surface area contributed by atoms with Gasteiger partial charge < -0.3 is 15.5 Å². The van der Waals surface area contributed by atoms with Crippen LogP contribution in [0.1, 0.15) is 16.3 Å². The second-order valence-electron chi connectivity index (χ2n) is 3.67. The van der Waals surface area contributed by atoms with Crippen LogP contribution >= 0.6 is 0 Å². The maximum atomic E-state index is 13.3. The van der Waals surface area contributed by atoms with E-state index >= 15 is 0 Å². The average molecular weight is 270 g/mol. The fourth-order valence-electron chi connectivity index (χ4n) is 1.45. The molecule has 19 heavy (non-hydrogen) atoms. The molecule has 0 bridgehead atoms. The minimum atomic E-state index is -1.21. The Balaban J connectivity index is 2.24. The largest absolute Gasteiger partial charge is 0.455 e. The number of carbonyl (C=O) groups excluding carboxylic acids is 1. The molecule has 100 valence electrons. The van der Waals surface area contributed by atoms with Crippen molar-refractivity contribution in [1.82, 2.24) is 0 Å². The molecule has 4 nitrogen and oxygen atoms in total. The summed E-state index contributed by atoms with van der Waals surface area (Å²) in [7, 11) is 0. The summed E-state index contributed by atoms with van der Waals surface area (Å²) in [6.45, 7) is 0.0898. The van der Waals surface area contributed by atoms with E-state index < -0.39 is 29.0 Å². The SMILES string of the molecule is NCc1ccc(C(=O)Nc2c(F)cc(F)cc2F)o1. The Morgan fingerprint density at radius 1 is 1.21 bits per heavy atom. The van der Waals surface area contributed by atoms with Gasteiger partial charge >= 0.3 is 0 Å². The number of anilines is 1. The third-order valence-electron chi connectivity index (χ3n) is 2.33. The summed E-state index contributed by atoms with van der Waals surface area (Å²) in [4.78, 5) is 11.7. The molecular formula is C12H9F3N2O2. The van der Waals surface area contributed by atoms with E-state index in [4.69, 9.17) is 10.2 Å². The van der Waals surface area contributed by atoms with Gasteiger partial charge in [-0.1, -0.05) is 0 Å². The van der Waals surface area contributed by atoms with Crippen LogP contribution < -0.4 is 11.1 Å². The molecule has 0 aliphatic carbocycles. The van der Waals surface area contributed by atoms with Crippen LogP contribution in [0.5, 0.6) is 0 Å². The van der Waals surface area contributed by atoms with Crippen LogP contribution in [0.25, 0.3) is 0 Å². The van der Waals surface area contributed by atoms with Crippen LogP contribution in [0.4, 0.5) is 18.9 Å². The van der Waals surface area contributed by atoms with E-state index in [-0.39, 0.29) is 12.3 Å². The topological polar surface area (TPSA) is 68.3 Å². The van der Waals surface area contributed by atoms with Crippen molar-refractivity contribution in [2.45, 2.75) is 6.54 Å². The Hall–Kier alpha value is -2.28. The molecule has 0 fully saturated rings. The fraction of sp³-hybridized carbons (Fsp3) is 0.0833. The first-order valence-corrected chi connectivity index (χ1v) is 5.26. The van der Waals surface area contributed by atoms with Gasteiger partial charge in [-0.3, -0.25) is 4.79 Å². The quantitative estimate of drug-likeness (QED) is 0.899. The fourth-order valence-corrected chi connectivity index (χ4v) is 1.45. The Morgan fingerprint density at radius 2 is 1.84 bits per heavy atom. The second-order valence-corrected chi connectivity index (χ2v) is 3.67. The second kappa shape index (κ2) is 5.15. The number of benzene rings is 1. The number of rotatable bonds is 3. The Morgan fingerprint density at radius 3 is 2.37 bits per heavy atom. The third-order valence-corrected chi connectivity index (χ3v) is 2.33. The highest BCUT2D eigenvalue weighted by Gasteiger charge is 2.17. The monoisotopic (exact) mass is 270 g/mol. The zero-order valence-corrected chi connectivity index (χ0v) is 9.54. The van der Waals surface area contributed by atoms with Crippen molar-refractivity contribution in [3.05, 3.63) is 53.2 Å². The van der Waals surface area contributed by atoms with Gasteiger partial charge in [-0.15, -0.1) is 0 Å². The molecule has 0 aliphatic rings. The van der Waals surface area contributed by atoms with E-state index in [1.807, 2.05) is 5.32 Å². The zero-order chi connectivity index (χ0) is 14.0. The normalized spacial score (nSPS) is 10.5. The predicted molar refractivity (Wildman–Crippen MR) is 60.9 cm³/mol. The number of hydrogen-bond donors (Lipinski definition) is 2. The Kier molecular flexibility index (Phi) is 3.57. The molecule has 1 amide bonds. The van der Waals surface area contributed by atoms with Crippen molar-refractivity contribution >= 4 is 11.6 Å². The van der Waals surface area contributed by atoms with Crippen molar-refractivity contribution in [3.8, 4) is 0 Å². The van der Waals surface area contributed by atoms with Gasteiger partial charge in [0, 0.05) is 12.1 Å². The first-order chi connectivity index (χ1) is 9.01. The molecule has 0 radical (unpaired) electrons. The van der Waals surface area contributed by atoms with Crippen LogP contribution in [-0.2, 0) is 6.54 Å². The lowest BCUT2D eigenvalue weighted by Gasteiger charge is -2.06. The van der Waals surface area contributed by atoms with E-state index in [2.05, 4.69) is 0 Å². The first-order valence-electron chi connectivity index (χ1n) is 5.26. The number of amides is 1. The smallest absolute Gasteiger partial charge is 0.291 e. The van der Waals surface area contributed by atoms with Crippen LogP contribution in [-0.4, -0.2) is 5.91 Å². The van der Waals surface area contributed by atoms with E-state index in [0.717, 1.165) is 0 Å². The van der Waals surface area contributed by atoms with Crippen LogP contribution in [0.2, 0.25) is 0 Å². The van der Waals surface area contributed by atoms with Crippen molar-refractivity contribution < 1.29 is 22.4 Å². The minimum absolute atomic E-state index is 0.0898. The number of nitrogens with two attached hydrogens (primary N) is 1. The highest BCUT2D eigenvalue weighted by atomic mass is 19.1. The van der Waals surface area contributed by atoms with E-state index in [0.29, 0.717) is 17.9 Å². The predicted octanol–water partition coefficient (Wildman–Crippen LogP) is 2.41. The summed E-state index contributed by atoms with van der Waals surface area (Å²) in [5.74, 6) is -4.15. The maximum absolute atomic E-state index is 13.3. The van der Waals surface area contributed by atoms with Gasteiger partial charge in [-0.2, -0.15) is 0 Å². The molecular weight excluding hydrogens is 261 g/mol. The molecule has 0 unspecified atom stereocenters. The molecule has 1 aromatic carbocycles. The molecule has 0 saturated carbocycles. The Bertz CT molecular complexity index is 602. The van der Waals surface area contributed by atoms with Gasteiger partial charge in [0.1, 0.15) is 17.3 Å². The lowest BCUT2D eigenvalue weighted by molar-refractivity contribution is 0.0994. The van der Waals surface area contributed by atoms with Crippen LogP contribution in [0, 0.1) is 17.5 Å². The average Bonchev–Trinajstić information content (AvgIpc) is 2.82. The zero-order valence-electron chi connectivity index (χ0n) is 9.54. The first kappa shape index (κ1) is 13.2. The third kappa shape index (κ3) is 2.76. The lowest BCUT2D eigenvalue weighted by atomic mass is 10.2. The van der Waals surface area contributed by atoms with E-state index in [1.165, 1.54) is 12.1 Å². The van der Waals surface area contributed by atoms with Crippen LogP contribution in [0.3, 0.4) is 0 Å². The molecule has 7 heteroatoms. The van der Waals surface area contributed by atoms with Gasteiger partial charge in [0.05, 0.1) is 6.54 Å². The van der Waals surface area contributed by atoms with Gasteiger partial charge in [0.2, 0.25) is 0 Å². The molecule has 1 aromatic heterocycles. The van der Waals surface area contributed by atoms with Gasteiger partial charge in [-0.25, -0.2) is 13.2 Å². The molecule has 0 atom stereocenters. The van der Waals surface area contributed by atoms with E-state index in [1.54, 1.807) is 0 Å².